The van der Waals surface area contributed by atoms with Crippen molar-refractivity contribution in [3.8, 4) is 0 Å². The van der Waals surface area contributed by atoms with Gasteiger partial charge in [0.05, 0.1) is 25.4 Å². The number of rotatable bonds is 5. The topological polar surface area (TPSA) is 129 Å². The molecular weight excluding hydrogens is 328 g/mol. The molecule has 2 aliphatic heterocycles. The minimum Gasteiger partial charge on any atom is -0.394 e. The maximum Gasteiger partial charge on any atom is 0.184 e. The molecule has 2 fully saturated rings. The van der Waals surface area contributed by atoms with Gasteiger partial charge in [-0.3, -0.25) is 0 Å². The average Bonchev–Trinajstić information content (AvgIpc) is 2.50. The van der Waals surface area contributed by atoms with Gasteiger partial charge in [0.1, 0.15) is 29.9 Å². The van der Waals surface area contributed by atoms with Crippen LogP contribution in [0, 0.1) is 0 Å². The van der Waals surface area contributed by atoms with Crippen LogP contribution in [0.3, 0.4) is 0 Å². The lowest BCUT2D eigenvalue weighted by Gasteiger charge is -2.42. The zero-order valence-electron chi connectivity index (χ0n) is 13.2. The van der Waals surface area contributed by atoms with Crippen LogP contribution in [0.4, 0.5) is 0 Å². The fourth-order valence-corrected chi connectivity index (χ4v) is 4.08. The van der Waals surface area contributed by atoms with Gasteiger partial charge in [-0.15, -0.1) is 11.8 Å². The molecule has 0 bridgehead atoms. The van der Waals surface area contributed by atoms with E-state index in [0.29, 0.717) is 6.42 Å². The van der Waals surface area contributed by atoms with Gasteiger partial charge in [-0.05, 0) is 20.3 Å². The van der Waals surface area contributed by atoms with Crippen molar-refractivity contribution in [1.29, 1.82) is 0 Å². The molecule has 136 valence electrons. The first kappa shape index (κ1) is 19.4. The highest BCUT2D eigenvalue weighted by Gasteiger charge is 2.44. The number of ether oxygens (including phenoxy) is 3. The van der Waals surface area contributed by atoms with Crippen molar-refractivity contribution in [2.75, 3.05) is 13.2 Å². The Hall–Kier alpha value is 0.0300. The molecule has 0 aromatic heterocycles. The highest BCUT2D eigenvalue weighted by molar-refractivity contribution is 8.00. The molecule has 0 saturated carbocycles. The minimum absolute atomic E-state index is 0.0884. The second-order valence-corrected chi connectivity index (χ2v) is 7.48. The molecule has 0 radical (unpaired) electrons. The van der Waals surface area contributed by atoms with Crippen LogP contribution in [-0.2, 0) is 14.2 Å². The van der Waals surface area contributed by atoms with Crippen LogP contribution in [0.15, 0.2) is 0 Å². The second kappa shape index (κ2) is 8.41. The van der Waals surface area contributed by atoms with E-state index in [9.17, 15) is 25.5 Å². The molecule has 2 heterocycles. The molecule has 9 heteroatoms. The number of aliphatic hydroxyl groups is 5. The Labute approximate surface area is 139 Å². The number of thioether (sulfide) groups is 1. The minimum atomic E-state index is -1.29. The quantitative estimate of drug-likeness (QED) is 0.397. The molecule has 8 atom stereocenters. The highest BCUT2D eigenvalue weighted by atomic mass is 32.2. The zero-order chi connectivity index (χ0) is 17.1. The summed E-state index contributed by atoms with van der Waals surface area (Å²) in [6.07, 6.45) is -5.79. The summed E-state index contributed by atoms with van der Waals surface area (Å²) in [5.41, 5.74) is -0.772. The summed E-state index contributed by atoms with van der Waals surface area (Å²) < 4.78 is 16.4. The third-order valence-electron chi connectivity index (χ3n) is 3.86. The van der Waals surface area contributed by atoms with Crippen LogP contribution in [0.2, 0.25) is 0 Å². The van der Waals surface area contributed by atoms with E-state index in [2.05, 4.69) is 0 Å². The van der Waals surface area contributed by atoms with E-state index in [1.165, 1.54) is 11.8 Å². The first-order valence-electron chi connectivity index (χ1n) is 7.74. The molecule has 0 aromatic rings. The number of aliphatic hydroxyl groups excluding tert-OH is 5. The van der Waals surface area contributed by atoms with Crippen LogP contribution >= 0.6 is 11.8 Å². The Bertz CT molecular complexity index is 371. The Morgan fingerprint density at radius 1 is 1.13 bits per heavy atom. The summed E-state index contributed by atoms with van der Waals surface area (Å²) >= 11 is 1.17. The Morgan fingerprint density at radius 3 is 2.43 bits per heavy atom. The van der Waals surface area contributed by atoms with Gasteiger partial charge in [-0.1, -0.05) is 0 Å². The van der Waals surface area contributed by atoms with Gasteiger partial charge in [0, 0.05) is 5.25 Å². The largest absolute Gasteiger partial charge is 0.394 e. The predicted octanol–water partition coefficient (Wildman–Crippen LogP) is -1.58. The monoisotopic (exact) mass is 354 g/mol. The summed E-state index contributed by atoms with van der Waals surface area (Å²) in [5, 5.41) is 48.5. The van der Waals surface area contributed by atoms with Crippen molar-refractivity contribution in [3.63, 3.8) is 0 Å². The molecule has 2 saturated heterocycles. The second-order valence-electron chi connectivity index (χ2n) is 6.14. The van der Waals surface area contributed by atoms with Crippen LogP contribution in [-0.4, -0.2) is 92.3 Å². The Morgan fingerprint density at radius 2 is 1.83 bits per heavy atom. The SMILES string of the molecule is CC(C)O[C@H]1O[C@H](CO)[C@H](S[C@@H]2OC[C@@H](O)[C@H](O)[C@H]2O)C[C@H]1O. The van der Waals surface area contributed by atoms with E-state index < -0.39 is 42.2 Å². The van der Waals surface area contributed by atoms with E-state index in [4.69, 9.17) is 14.2 Å². The van der Waals surface area contributed by atoms with Crippen molar-refractivity contribution >= 4 is 11.8 Å². The summed E-state index contributed by atoms with van der Waals surface area (Å²) in [7, 11) is 0. The Balaban J connectivity index is 1.96. The summed E-state index contributed by atoms with van der Waals surface area (Å²) in [6.45, 7) is 3.29. The zero-order valence-corrected chi connectivity index (χ0v) is 14.0. The molecule has 23 heavy (non-hydrogen) atoms. The molecule has 8 nitrogen and oxygen atoms in total. The fourth-order valence-electron chi connectivity index (χ4n) is 2.62. The van der Waals surface area contributed by atoms with Gasteiger partial charge >= 0.3 is 0 Å². The molecule has 0 amide bonds. The molecular formula is C14H26O8S. The van der Waals surface area contributed by atoms with Crippen molar-refractivity contribution in [1.82, 2.24) is 0 Å². The first-order valence-corrected chi connectivity index (χ1v) is 8.68. The summed E-state index contributed by atoms with van der Waals surface area (Å²) in [5.74, 6) is 0. The van der Waals surface area contributed by atoms with E-state index in [-0.39, 0.29) is 24.6 Å². The fraction of sp³-hybridized carbons (Fsp3) is 1.00. The van der Waals surface area contributed by atoms with Gasteiger partial charge in [0.2, 0.25) is 0 Å². The maximum absolute atomic E-state index is 10.2. The molecule has 0 unspecified atom stereocenters. The van der Waals surface area contributed by atoms with Crippen LogP contribution in [0.1, 0.15) is 20.3 Å². The normalized spacial score (nSPS) is 45.4. The lowest BCUT2D eigenvalue weighted by molar-refractivity contribution is -0.254. The highest BCUT2D eigenvalue weighted by Crippen LogP contribution is 2.36. The van der Waals surface area contributed by atoms with Crippen molar-refractivity contribution < 1.29 is 39.7 Å². The molecule has 2 aliphatic rings. The van der Waals surface area contributed by atoms with Crippen molar-refractivity contribution in [3.05, 3.63) is 0 Å². The van der Waals surface area contributed by atoms with Gasteiger partial charge in [0.15, 0.2) is 6.29 Å². The summed E-state index contributed by atoms with van der Waals surface area (Å²) in [4.78, 5) is 0. The third kappa shape index (κ3) is 4.77. The lowest BCUT2D eigenvalue weighted by atomic mass is 10.1. The lowest BCUT2D eigenvalue weighted by Crippen LogP contribution is -2.54. The van der Waals surface area contributed by atoms with E-state index in [0.717, 1.165) is 0 Å². The molecule has 0 aliphatic carbocycles. The van der Waals surface area contributed by atoms with Gasteiger partial charge in [0.25, 0.3) is 0 Å². The maximum atomic E-state index is 10.2. The standard InChI is InChI=1S/C14H26O8S/c1-6(2)21-13-7(16)3-10(9(4-15)22-13)23-14-12(19)11(18)8(17)5-20-14/h6-19H,3-5H2,1-2H3/t7-,8-,9-,10-,11+,12-,13+,14+/m1/s1. The van der Waals surface area contributed by atoms with E-state index in [1.54, 1.807) is 0 Å². The molecule has 0 aromatic carbocycles. The molecule has 2 rings (SSSR count). The van der Waals surface area contributed by atoms with Crippen LogP contribution < -0.4 is 0 Å². The van der Waals surface area contributed by atoms with Crippen molar-refractivity contribution in [2.24, 2.45) is 0 Å². The third-order valence-corrected chi connectivity index (χ3v) is 5.39. The van der Waals surface area contributed by atoms with Crippen LogP contribution in [0.25, 0.3) is 0 Å². The number of hydrogen-bond acceptors (Lipinski definition) is 9. The van der Waals surface area contributed by atoms with E-state index >= 15 is 0 Å². The Kier molecular flexibility index (Phi) is 7.08. The van der Waals surface area contributed by atoms with Crippen molar-refractivity contribution in [2.45, 2.75) is 73.9 Å². The first-order chi connectivity index (χ1) is 10.8. The predicted molar refractivity (Wildman–Crippen MR) is 81.7 cm³/mol. The van der Waals surface area contributed by atoms with E-state index in [1.807, 2.05) is 13.8 Å². The van der Waals surface area contributed by atoms with Crippen LogP contribution in [0.5, 0.6) is 0 Å². The summed E-state index contributed by atoms with van der Waals surface area (Å²) in [6, 6.07) is 0. The van der Waals surface area contributed by atoms with Gasteiger partial charge < -0.3 is 39.7 Å². The van der Waals surface area contributed by atoms with Gasteiger partial charge in [-0.25, -0.2) is 0 Å². The molecule has 5 N–H and O–H groups in total. The average molecular weight is 354 g/mol. The number of hydrogen-bond donors (Lipinski definition) is 5. The van der Waals surface area contributed by atoms with Gasteiger partial charge in [-0.2, -0.15) is 0 Å². The smallest absolute Gasteiger partial charge is 0.184 e. The molecule has 0 spiro atoms.